The van der Waals surface area contributed by atoms with Gasteiger partial charge in [-0.05, 0) is 4.69 Å². The molecule has 0 radical (unpaired) electrons. The lowest BCUT2D eigenvalue weighted by Crippen LogP contribution is -1.63. The number of H-pyrrole nitrogens is 1. The molecule has 0 unspecified atom stereocenters. The van der Waals surface area contributed by atoms with Crippen molar-refractivity contribution in [3.63, 3.8) is 0 Å². The van der Waals surface area contributed by atoms with Crippen LogP contribution in [0.1, 0.15) is 0 Å². The summed E-state index contributed by atoms with van der Waals surface area (Å²) in [5.41, 5.74) is 0. The fourth-order valence-electron chi connectivity index (χ4n) is 0.392. The van der Waals surface area contributed by atoms with Crippen molar-refractivity contribution in [2.45, 2.75) is 0 Å². The van der Waals surface area contributed by atoms with Crippen molar-refractivity contribution in [3.8, 4) is 0 Å². The van der Waals surface area contributed by atoms with Gasteiger partial charge in [0.05, 0.1) is 6.20 Å². The maximum Gasteiger partial charge on any atom is 0.0891 e. The highest BCUT2D eigenvalue weighted by molar-refractivity contribution is 4.60. The van der Waals surface area contributed by atoms with Crippen LogP contribution in [0.2, 0.25) is 0 Å². The zero-order valence-corrected chi connectivity index (χ0v) is 2.96. The molecule has 6 heavy (non-hydrogen) atoms. The molecule has 0 aliphatic rings. The third-order valence-electron chi connectivity index (χ3n) is 0.702. The highest BCUT2D eigenvalue weighted by Gasteiger charge is 1.94. The Morgan fingerprint density at radius 3 is 2.83 bits per heavy atom. The van der Waals surface area contributed by atoms with Crippen LogP contribution < -0.4 is 0 Å². The Labute approximate surface area is 32.8 Å². The van der Waals surface area contributed by atoms with Crippen LogP contribution in [-0.2, 0) is 0 Å². The first-order valence-electron chi connectivity index (χ1n) is 1.67. The van der Waals surface area contributed by atoms with Gasteiger partial charge in [-0.15, -0.1) is 0 Å². The highest BCUT2D eigenvalue weighted by atomic mass is 16.8. The van der Waals surface area contributed by atoms with Gasteiger partial charge < -0.3 is 0 Å². The average molecular weight is 85.1 g/mol. The second kappa shape index (κ2) is 0.426. The lowest BCUT2D eigenvalue weighted by Gasteiger charge is -1.51. The minimum absolute atomic E-state index is 1.50. The number of hydrogen-bond acceptors (Lipinski definition) is 1. The summed E-state index contributed by atoms with van der Waals surface area (Å²) in [5, 5.41) is 2.75. The van der Waals surface area contributed by atoms with Gasteiger partial charge in [0.25, 0.3) is 0 Å². The van der Waals surface area contributed by atoms with Gasteiger partial charge in [-0.1, -0.05) is 0 Å². The molecular weight excluding hydrogens is 82.0 g/mol. The Morgan fingerprint density at radius 1 is 1.67 bits per heavy atom. The summed E-state index contributed by atoms with van der Waals surface area (Å²) in [6.45, 7) is 0. The molecule has 0 saturated carbocycles. The topological polar surface area (TPSA) is 37.8 Å². The van der Waals surface area contributed by atoms with Gasteiger partial charge in [0.1, 0.15) is 0 Å². The Hall–Kier alpha value is -1.06. The van der Waals surface area contributed by atoms with Crippen LogP contribution in [0.3, 0.4) is 0 Å². The summed E-state index contributed by atoms with van der Waals surface area (Å²) < 4.78 is 6.19. The van der Waals surface area contributed by atoms with Gasteiger partial charge in [-0.2, -0.15) is 0 Å². The Morgan fingerprint density at radius 2 is 2.67 bits per heavy atom. The minimum Gasteiger partial charge on any atom is -0.251 e. The minimum atomic E-state index is 1.50. The van der Waals surface area contributed by atoms with Crippen LogP contribution in [0.15, 0.2) is 17.0 Å². The maximum atomic E-state index is 4.62. The second-order valence-corrected chi connectivity index (χ2v) is 1.10. The molecule has 0 atom stereocenters. The average Bonchev–Trinajstić information content (AvgIpc) is 2.17. The molecule has 0 aliphatic heterocycles. The normalized spacial score (nSPS) is 11.3. The standard InChI is InChI=1S/C2H3N3O/c1-2-4-5(3-1)6-4/h1-3H. The van der Waals surface area contributed by atoms with E-state index in [0.717, 1.165) is 0 Å². The third kappa shape index (κ3) is 0.0925. The molecule has 0 amide bonds. The summed E-state index contributed by atoms with van der Waals surface area (Å²) >= 11 is 0. The van der Waals surface area contributed by atoms with Crippen LogP contribution in [-0.4, -0.2) is 14.6 Å². The zero-order chi connectivity index (χ0) is 3.98. The lowest BCUT2D eigenvalue weighted by molar-refractivity contribution is 0.461. The van der Waals surface area contributed by atoms with E-state index in [9.17, 15) is 0 Å². The highest BCUT2D eigenvalue weighted by Crippen LogP contribution is 1.87. The van der Waals surface area contributed by atoms with E-state index in [4.69, 9.17) is 0 Å². The molecule has 4 heteroatoms. The number of aromatic amines is 1. The Balaban J connectivity index is 3.14. The molecule has 32 valence electrons. The number of aromatic nitrogens is 3. The van der Waals surface area contributed by atoms with Crippen LogP contribution >= 0.6 is 0 Å². The molecule has 2 aromatic heterocycles. The quantitative estimate of drug-likeness (QED) is 0.479. The summed E-state index contributed by atoms with van der Waals surface area (Å²) in [5.74, 6) is 0. The van der Waals surface area contributed by atoms with Gasteiger partial charge in [0.2, 0.25) is 0 Å². The van der Waals surface area contributed by atoms with E-state index in [-0.39, 0.29) is 0 Å². The van der Waals surface area contributed by atoms with E-state index < -0.39 is 0 Å². The maximum absolute atomic E-state index is 4.62. The first kappa shape index (κ1) is 2.17. The lowest BCUT2D eigenvalue weighted by atomic mass is 11.0. The van der Waals surface area contributed by atoms with Crippen LogP contribution in [0.4, 0.5) is 0 Å². The molecule has 2 aromatic rings. The molecule has 2 heterocycles. The van der Waals surface area contributed by atoms with E-state index in [0.29, 0.717) is 0 Å². The van der Waals surface area contributed by atoms with Crippen LogP contribution in [0.25, 0.3) is 0 Å². The van der Waals surface area contributed by atoms with Gasteiger partial charge in [-0.25, -0.2) is 4.63 Å². The number of nitrogens with zero attached hydrogens (tertiary/aromatic N) is 2. The molecule has 4 nitrogen and oxygen atoms in total. The number of fused-ring (bicyclic) bond motifs is 1. The van der Waals surface area contributed by atoms with E-state index in [1.54, 1.807) is 17.1 Å². The zero-order valence-electron chi connectivity index (χ0n) is 2.96. The molecule has 0 bridgehead atoms. The van der Waals surface area contributed by atoms with E-state index in [2.05, 4.69) is 9.73 Å². The van der Waals surface area contributed by atoms with Crippen molar-refractivity contribution in [2.24, 2.45) is 0 Å². The monoisotopic (exact) mass is 85.0 g/mol. The first-order valence-corrected chi connectivity index (χ1v) is 1.67. The number of hydrogen-bond donors (Lipinski definition) is 1. The first-order chi connectivity index (χ1) is 2.97. The SMILES string of the molecule is c1cn2on2[nH]1. The van der Waals surface area contributed by atoms with Gasteiger partial charge in [0.15, 0.2) is 0 Å². The van der Waals surface area contributed by atoms with E-state index in [1.807, 2.05) is 0 Å². The molecule has 1 N–H and O–H groups in total. The fourth-order valence-corrected chi connectivity index (χ4v) is 0.392. The van der Waals surface area contributed by atoms with Gasteiger partial charge in [0, 0.05) is 11.0 Å². The predicted octanol–water partition coefficient (Wildman–Crippen LogP) is -0.0401. The summed E-state index contributed by atoms with van der Waals surface area (Å²) in [6, 6.07) is 0. The summed E-state index contributed by atoms with van der Waals surface area (Å²) in [7, 11) is 0. The van der Waals surface area contributed by atoms with Crippen LogP contribution in [0, 0.1) is 0 Å². The third-order valence-corrected chi connectivity index (χ3v) is 0.702. The predicted molar refractivity (Wildman–Crippen MR) is 17.5 cm³/mol. The number of rotatable bonds is 0. The van der Waals surface area contributed by atoms with Gasteiger partial charge >= 0.3 is 0 Å². The summed E-state index contributed by atoms with van der Waals surface area (Å²) in [4.78, 5) is 1.50. The van der Waals surface area contributed by atoms with Gasteiger partial charge in [-0.3, -0.25) is 5.10 Å². The Bertz CT molecular complexity index is 200. The number of nitrogens with one attached hydrogen (secondary N) is 1. The van der Waals surface area contributed by atoms with Crippen molar-refractivity contribution in [2.75, 3.05) is 0 Å². The second-order valence-electron chi connectivity index (χ2n) is 1.10. The van der Waals surface area contributed by atoms with Crippen LogP contribution in [0.5, 0.6) is 0 Å². The van der Waals surface area contributed by atoms with Crippen molar-refractivity contribution in [1.82, 2.24) is 14.6 Å². The summed E-state index contributed by atoms with van der Waals surface area (Å²) in [6.07, 6.45) is 3.56. The van der Waals surface area contributed by atoms with Crippen molar-refractivity contribution in [3.05, 3.63) is 12.4 Å². The Kier molecular flexibility index (Phi) is 0.154. The van der Waals surface area contributed by atoms with E-state index in [1.165, 1.54) is 4.80 Å². The molecule has 0 fully saturated rings. The fraction of sp³-hybridized carbons (Fsp3) is 0. The van der Waals surface area contributed by atoms with E-state index >= 15 is 0 Å². The smallest absolute Gasteiger partial charge is 0.0891 e. The molecule has 0 saturated heterocycles. The molecule has 2 rings (SSSR count). The van der Waals surface area contributed by atoms with Crippen molar-refractivity contribution < 1.29 is 4.63 Å². The molecular formula is C2H3N3O. The van der Waals surface area contributed by atoms with Crippen molar-refractivity contribution in [1.29, 1.82) is 0 Å². The molecule has 0 aromatic carbocycles. The largest absolute Gasteiger partial charge is 0.251 e. The van der Waals surface area contributed by atoms with Crippen molar-refractivity contribution >= 4 is 0 Å². The molecule has 0 spiro atoms. The molecule has 0 aliphatic carbocycles.